The minimum Gasteiger partial charge on any atom is -0.354 e. The van der Waals surface area contributed by atoms with E-state index in [1.54, 1.807) is 11.8 Å². The summed E-state index contributed by atoms with van der Waals surface area (Å²) in [6.45, 7) is 5.22. The fourth-order valence-corrected chi connectivity index (χ4v) is 3.43. The first-order valence-corrected chi connectivity index (χ1v) is 7.57. The van der Waals surface area contributed by atoms with Crippen LogP contribution in [0.5, 0.6) is 0 Å². The third-order valence-electron chi connectivity index (χ3n) is 3.00. The normalized spacial score (nSPS) is 22.6. The fraction of sp³-hybridized carbons (Fsp3) is 0.467. The topological polar surface area (TPSA) is 46.6 Å². The van der Waals surface area contributed by atoms with Crippen molar-refractivity contribution in [3.05, 3.63) is 30.3 Å². The monoisotopic (exact) mass is 293 g/mol. The number of amides is 2. The lowest BCUT2D eigenvalue weighted by molar-refractivity contribution is -0.154. The molecule has 1 aromatic carbocycles. The van der Waals surface area contributed by atoms with Crippen molar-refractivity contribution in [2.24, 2.45) is 0 Å². The van der Waals surface area contributed by atoms with E-state index >= 15 is 0 Å². The third kappa shape index (κ3) is 3.41. The zero-order chi connectivity index (χ0) is 14.7. The summed E-state index contributed by atoms with van der Waals surface area (Å²) in [5.41, 5.74) is 0. The van der Waals surface area contributed by atoms with Gasteiger partial charge in [-0.3, -0.25) is 14.5 Å². The first-order valence-electron chi connectivity index (χ1n) is 6.69. The Kier molecular flexibility index (Phi) is 4.83. The molecule has 1 aromatic rings. The average Bonchev–Trinajstić information content (AvgIpc) is 2.66. The van der Waals surface area contributed by atoms with Gasteiger partial charge in [0.25, 0.3) is 0 Å². The van der Waals surface area contributed by atoms with Gasteiger partial charge in [0.15, 0.2) is 6.23 Å². The highest BCUT2D eigenvalue weighted by Crippen LogP contribution is 2.35. The zero-order valence-electron chi connectivity index (χ0n) is 11.9. The fourth-order valence-electron chi connectivity index (χ4n) is 2.24. The molecule has 0 saturated carbocycles. The molecule has 4 nitrogen and oxygen atoms in total. The van der Waals surface area contributed by atoms with Crippen LogP contribution in [0.4, 0.5) is 0 Å². The number of rotatable bonds is 4. The van der Waals surface area contributed by atoms with Crippen LogP contribution in [0.3, 0.4) is 0 Å². The SMILES string of the molecule is CC(=O)N1C(=O)C[C@H](Sc2ccccc2)[C@H]1OC(C)C. The minimum atomic E-state index is -0.481. The molecule has 0 aromatic heterocycles. The molecule has 0 N–H and O–H groups in total. The zero-order valence-corrected chi connectivity index (χ0v) is 12.7. The molecule has 2 amide bonds. The van der Waals surface area contributed by atoms with Gasteiger partial charge in [-0.15, -0.1) is 11.8 Å². The minimum absolute atomic E-state index is 0.0355. The molecule has 2 atom stereocenters. The van der Waals surface area contributed by atoms with E-state index in [1.165, 1.54) is 11.8 Å². The molecule has 0 spiro atoms. The van der Waals surface area contributed by atoms with Gasteiger partial charge in [-0.1, -0.05) is 18.2 Å². The van der Waals surface area contributed by atoms with Crippen molar-refractivity contribution in [2.45, 2.75) is 49.7 Å². The van der Waals surface area contributed by atoms with Gasteiger partial charge in [0, 0.05) is 18.2 Å². The van der Waals surface area contributed by atoms with Gasteiger partial charge in [0.1, 0.15) is 0 Å². The number of likely N-dealkylation sites (tertiary alicyclic amines) is 1. The van der Waals surface area contributed by atoms with Crippen molar-refractivity contribution < 1.29 is 14.3 Å². The second kappa shape index (κ2) is 6.41. The number of thioether (sulfide) groups is 1. The summed E-state index contributed by atoms with van der Waals surface area (Å²) < 4.78 is 5.80. The van der Waals surface area contributed by atoms with E-state index in [9.17, 15) is 9.59 Å². The van der Waals surface area contributed by atoms with Crippen molar-refractivity contribution in [1.29, 1.82) is 0 Å². The first kappa shape index (κ1) is 15.1. The third-order valence-corrected chi connectivity index (χ3v) is 4.25. The summed E-state index contributed by atoms with van der Waals surface area (Å²) in [5, 5.41) is -0.0591. The molecule has 0 aliphatic carbocycles. The summed E-state index contributed by atoms with van der Waals surface area (Å²) in [4.78, 5) is 26.0. The van der Waals surface area contributed by atoms with Crippen LogP contribution in [0, 0.1) is 0 Å². The Hall–Kier alpha value is -1.33. The number of ether oxygens (including phenoxy) is 1. The van der Waals surface area contributed by atoms with E-state index in [2.05, 4.69) is 0 Å². The molecule has 0 radical (unpaired) electrons. The Morgan fingerprint density at radius 2 is 2.00 bits per heavy atom. The maximum atomic E-state index is 12.0. The highest BCUT2D eigenvalue weighted by molar-refractivity contribution is 8.00. The number of hydrogen-bond acceptors (Lipinski definition) is 4. The predicted molar refractivity (Wildman–Crippen MR) is 78.2 cm³/mol. The molecule has 1 fully saturated rings. The maximum absolute atomic E-state index is 12.0. The van der Waals surface area contributed by atoms with Gasteiger partial charge in [-0.05, 0) is 26.0 Å². The molecular formula is C15H19NO3S. The lowest BCUT2D eigenvalue weighted by Crippen LogP contribution is -2.42. The number of imide groups is 1. The van der Waals surface area contributed by atoms with Crippen LogP contribution < -0.4 is 0 Å². The number of hydrogen-bond donors (Lipinski definition) is 0. The Balaban J connectivity index is 2.18. The van der Waals surface area contributed by atoms with Crippen molar-refractivity contribution in [1.82, 2.24) is 4.90 Å². The van der Waals surface area contributed by atoms with Crippen molar-refractivity contribution in [3.63, 3.8) is 0 Å². The highest BCUT2D eigenvalue weighted by Gasteiger charge is 2.43. The van der Waals surface area contributed by atoms with E-state index in [0.29, 0.717) is 6.42 Å². The van der Waals surface area contributed by atoms with Crippen LogP contribution in [-0.2, 0) is 14.3 Å². The molecule has 2 rings (SSSR count). The van der Waals surface area contributed by atoms with Crippen LogP contribution in [0.1, 0.15) is 27.2 Å². The summed E-state index contributed by atoms with van der Waals surface area (Å²) in [7, 11) is 0. The Bertz CT molecular complexity index is 489. The molecular weight excluding hydrogens is 274 g/mol. The van der Waals surface area contributed by atoms with E-state index in [0.717, 1.165) is 4.90 Å². The van der Waals surface area contributed by atoms with E-state index in [-0.39, 0.29) is 23.2 Å². The van der Waals surface area contributed by atoms with E-state index in [4.69, 9.17) is 4.74 Å². The Morgan fingerprint density at radius 3 is 2.55 bits per heavy atom. The lowest BCUT2D eigenvalue weighted by atomic mass is 10.3. The number of nitrogens with zero attached hydrogens (tertiary/aromatic N) is 1. The molecule has 108 valence electrons. The van der Waals surface area contributed by atoms with Crippen molar-refractivity contribution in [3.8, 4) is 0 Å². The molecule has 20 heavy (non-hydrogen) atoms. The van der Waals surface area contributed by atoms with Gasteiger partial charge < -0.3 is 4.74 Å². The largest absolute Gasteiger partial charge is 0.354 e. The first-order chi connectivity index (χ1) is 9.49. The Morgan fingerprint density at radius 1 is 1.35 bits per heavy atom. The van der Waals surface area contributed by atoms with Crippen LogP contribution in [-0.4, -0.2) is 34.3 Å². The summed E-state index contributed by atoms with van der Waals surface area (Å²) in [6.07, 6.45) is -0.187. The molecule has 0 bridgehead atoms. The Labute approximate surface area is 123 Å². The van der Waals surface area contributed by atoms with E-state index in [1.807, 2.05) is 44.2 Å². The standard InChI is InChI=1S/C15H19NO3S/c1-10(2)19-15-13(9-14(18)16(15)11(3)17)20-12-7-5-4-6-8-12/h4-8,10,13,15H,9H2,1-3H3/t13-,15+/m0/s1. The maximum Gasteiger partial charge on any atom is 0.232 e. The molecule has 1 saturated heterocycles. The van der Waals surface area contributed by atoms with Crippen molar-refractivity contribution in [2.75, 3.05) is 0 Å². The number of carbonyl (C=O) groups is 2. The van der Waals surface area contributed by atoms with Crippen LogP contribution >= 0.6 is 11.8 Å². The summed E-state index contributed by atoms with van der Waals surface area (Å²) in [5.74, 6) is -0.409. The quantitative estimate of drug-likeness (QED) is 0.856. The molecule has 5 heteroatoms. The van der Waals surface area contributed by atoms with Gasteiger partial charge in [0.05, 0.1) is 11.4 Å². The molecule has 1 aliphatic heterocycles. The van der Waals surface area contributed by atoms with Crippen molar-refractivity contribution >= 4 is 23.6 Å². The van der Waals surface area contributed by atoms with Gasteiger partial charge in [-0.25, -0.2) is 0 Å². The number of benzene rings is 1. The average molecular weight is 293 g/mol. The van der Waals surface area contributed by atoms with Crippen LogP contribution in [0.15, 0.2) is 35.2 Å². The molecule has 1 aliphatic rings. The smallest absolute Gasteiger partial charge is 0.232 e. The lowest BCUT2D eigenvalue weighted by Gasteiger charge is -2.27. The van der Waals surface area contributed by atoms with Gasteiger partial charge in [0.2, 0.25) is 11.8 Å². The second-order valence-electron chi connectivity index (χ2n) is 5.03. The number of carbonyl (C=O) groups excluding carboxylic acids is 2. The summed E-state index contributed by atoms with van der Waals surface area (Å²) >= 11 is 1.59. The predicted octanol–water partition coefficient (Wildman–Crippen LogP) is 2.68. The molecule has 1 heterocycles. The second-order valence-corrected chi connectivity index (χ2v) is 6.34. The molecule has 0 unspecified atom stereocenters. The van der Waals surface area contributed by atoms with Crippen LogP contribution in [0.25, 0.3) is 0 Å². The van der Waals surface area contributed by atoms with Crippen LogP contribution in [0.2, 0.25) is 0 Å². The highest BCUT2D eigenvalue weighted by atomic mass is 32.2. The van der Waals surface area contributed by atoms with Gasteiger partial charge in [-0.2, -0.15) is 0 Å². The summed E-state index contributed by atoms with van der Waals surface area (Å²) in [6, 6.07) is 9.87. The van der Waals surface area contributed by atoms with E-state index < -0.39 is 6.23 Å². The van der Waals surface area contributed by atoms with Gasteiger partial charge >= 0.3 is 0 Å².